The molecule has 5 heterocycles. The van der Waals surface area contributed by atoms with Gasteiger partial charge < -0.3 is 8.83 Å². The third-order valence-corrected chi connectivity index (χ3v) is 11.7. The molecular weight excluding hydrogens is 723 g/mol. The molecule has 0 aliphatic rings. The molecule has 57 heavy (non-hydrogen) atoms. The van der Waals surface area contributed by atoms with Crippen molar-refractivity contribution in [2.75, 3.05) is 0 Å². The van der Waals surface area contributed by atoms with Gasteiger partial charge in [0.25, 0.3) is 0 Å². The highest BCUT2D eigenvalue weighted by Crippen LogP contribution is 2.43. The Bertz CT molecular complexity index is 3480. The highest BCUT2D eigenvalue weighted by molar-refractivity contribution is 7.25. The second kappa shape index (κ2) is 12.5. The summed E-state index contributed by atoms with van der Waals surface area (Å²) < 4.78 is 15.7. The van der Waals surface area contributed by atoms with Crippen LogP contribution in [0.4, 0.5) is 0 Å². The van der Waals surface area contributed by atoms with Crippen molar-refractivity contribution in [3.8, 4) is 56.8 Å². The van der Waals surface area contributed by atoms with Gasteiger partial charge in [0.05, 0.1) is 5.56 Å². The summed E-state index contributed by atoms with van der Waals surface area (Å²) in [5, 5.41) is 5.22. The minimum atomic E-state index is 0.546. The van der Waals surface area contributed by atoms with E-state index >= 15 is 0 Å². The van der Waals surface area contributed by atoms with Crippen LogP contribution in [0.1, 0.15) is 0 Å². The molecule has 0 fully saturated rings. The van der Waals surface area contributed by atoms with Gasteiger partial charge in [-0.15, -0.1) is 11.3 Å². The number of nitrogens with zero attached hydrogens (tertiary/aromatic N) is 5. The van der Waals surface area contributed by atoms with Crippen molar-refractivity contribution in [2.45, 2.75) is 0 Å². The van der Waals surface area contributed by atoms with Crippen LogP contribution in [0.15, 0.2) is 173 Å². The fraction of sp³-hybridized carbons (Fsp3) is 0. The smallest absolute Gasteiger partial charge is 0.180 e. The number of aromatic nitrogens is 5. The Hall–Kier alpha value is -7.55. The third-order valence-electron chi connectivity index (χ3n) is 10.6. The fourth-order valence-corrected chi connectivity index (χ4v) is 9.06. The van der Waals surface area contributed by atoms with Gasteiger partial charge in [0.1, 0.15) is 28.0 Å². The van der Waals surface area contributed by atoms with E-state index in [1.807, 2.05) is 115 Å². The molecule has 12 rings (SSSR count). The molecule has 0 unspecified atom stereocenters. The van der Waals surface area contributed by atoms with Crippen molar-refractivity contribution in [3.63, 3.8) is 0 Å². The molecule has 0 spiro atoms. The van der Waals surface area contributed by atoms with Gasteiger partial charge in [0.2, 0.25) is 0 Å². The predicted octanol–water partition coefficient (Wildman–Crippen LogP) is 13.2. The maximum absolute atomic E-state index is 6.77. The number of para-hydroxylation sites is 2. The topological polar surface area (TPSA) is 90.7 Å². The Morgan fingerprint density at radius 1 is 0.368 bits per heavy atom. The van der Waals surface area contributed by atoms with E-state index in [1.54, 1.807) is 11.3 Å². The monoisotopic (exact) mass is 749 g/mol. The van der Waals surface area contributed by atoms with Crippen LogP contribution >= 0.6 is 11.3 Å². The standard InChI is InChI=1S/C49H27N5O2S/c1-3-13-28(14-4-1)46-52-47(29-15-5-2-6-16-29)54-48(53-46)35-20-12-23-38-41(35)34-19-11-21-36(44(34)56-38)49-50-42(45-43(51-49)33-18-7-9-22-37(33)55-45)30-25-26-32-31-17-8-10-24-39(31)57-40(32)27-30/h1-27H. The molecule has 0 aliphatic heterocycles. The lowest BCUT2D eigenvalue weighted by molar-refractivity contribution is 0.666. The lowest BCUT2D eigenvalue weighted by atomic mass is 10.0. The van der Waals surface area contributed by atoms with Crippen molar-refractivity contribution >= 4 is 75.5 Å². The number of hydrogen-bond acceptors (Lipinski definition) is 8. The fourth-order valence-electron chi connectivity index (χ4n) is 7.92. The first kappa shape index (κ1) is 31.8. The average molecular weight is 750 g/mol. The lowest BCUT2D eigenvalue weighted by Gasteiger charge is -2.09. The van der Waals surface area contributed by atoms with Gasteiger partial charge >= 0.3 is 0 Å². The van der Waals surface area contributed by atoms with Gasteiger partial charge in [-0.1, -0.05) is 127 Å². The summed E-state index contributed by atoms with van der Waals surface area (Å²) >= 11 is 1.78. The van der Waals surface area contributed by atoms with Gasteiger partial charge in [0.15, 0.2) is 28.9 Å². The van der Waals surface area contributed by atoms with Crippen LogP contribution < -0.4 is 0 Å². The lowest BCUT2D eigenvalue weighted by Crippen LogP contribution is -2.00. The highest BCUT2D eigenvalue weighted by atomic mass is 32.1. The summed E-state index contributed by atoms with van der Waals surface area (Å²) in [5.74, 6) is 2.30. The molecule has 8 heteroatoms. The van der Waals surface area contributed by atoms with Gasteiger partial charge in [-0.3, -0.25) is 0 Å². The van der Waals surface area contributed by atoms with Crippen LogP contribution in [-0.2, 0) is 0 Å². The SMILES string of the molecule is c1ccc(-c2nc(-c3ccccc3)nc(-c3cccc4oc5c(-c6nc(-c7ccc8c(c7)sc7ccccc78)c7oc8ccccc8c7n6)cccc5c34)n2)cc1. The molecule has 7 aromatic carbocycles. The molecular formula is C49H27N5O2S. The minimum absolute atomic E-state index is 0.546. The van der Waals surface area contributed by atoms with Crippen LogP contribution in [0.2, 0.25) is 0 Å². The molecule has 0 saturated heterocycles. The van der Waals surface area contributed by atoms with Crippen molar-refractivity contribution < 1.29 is 8.83 Å². The quantitative estimate of drug-likeness (QED) is 0.173. The van der Waals surface area contributed by atoms with E-state index in [4.69, 9.17) is 33.8 Å². The maximum atomic E-state index is 6.77. The molecule has 5 aromatic heterocycles. The molecule has 0 atom stereocenters. The molecule has 12 aromatic rings. The van der Waals surface area contributed by atoms with Crippen LogP contribution in [0.25, 0.3) is 121 Å². The van der Waals surface area contributed by atoms with Gasteiger partial charge in [0, 0.05) is 58.6 Å². The summed E-state index contributed by atoms with van der Waals surface area (Å²) in [5.41, 5.74) is 8.68. The Labute approximate surface area is 328 Å². The summed E-state index contributed by atoms with van der Waals surface area (Å²) in [6.07, 6.45) is 0. The van der Waals surface area contributed by atoms with Crippen LogP contribution in [-0.4, -0.2) is 24.9 Å². The van der Waals surface area contributed by atoms with Crippen molar-refractivity contribution in [1.82, 2.24) is 24.9 Å². The average Bonchev–Trinajstić information content (AvgIpc) is 3.97. The Morgan fingerprint density at radius 2 is 0.965 bits per heavy atom. The van der Waals surface area contributed by atoms with Crippen LogP contribution in [0.3, 0.4) is 0 Å². The van der Waals surface area contributed by atoms with E-state index in [9.17, 15) is 0 Å². The van der Waals surface area contributed by atoms with E-state index in [-0.39, 0.29) is 0 Å². The number of benzene rings is 7. The Balaban J connectivity index is 1.08. The number of rotatable bonds is 5. The van der Waals surface area contributed by atoms with E-state index < -0.39 is 0 Å². The largest absolute Gasteiger partial charge is 0.455 e. The maximum Gasteiger partial charge on any atom is 0.180 e. The van der Waals surface area contributed by atoms with Gasteiger partial charge in [-0.2, -0.15) is 0 Å². The second-order valence-corrected chi connectivity index (χ2v) is 15.1. The normalized spacial score (nSPS) is 11.9. The third kappa shape index (κ3) is 5.08. The molecule has 7 nitrogen and oxygen atoms in total. The van der Waals surface area contributed by atoms with Crippen molar-refractivity contribution in [1.29, 1.82) is 0 Å². The molecule has 266 valence electrons. The van der Waals surface area contributed by atoms with E-state index in [0.29, 0.717) is 40.0 Å². The molecule has 0 bridgehead atoms. The summed E-state index contributed by atoms with van der Waals surface area (Å²) in [7, 11) is 0. The molecule has 0 N–H and O–H groups in total. The number of hydrogen-bond donors (Lipinski definition) is 0. The summed E-state index contributed by atoms with van der Waals surface area (Å²) in [6, 6.07) is 55.2. The summed E-state index contributed by atoms with van der Waals surface area (Å²) in [4.78, 5) is 25.5. The first-order valence-electron chi connectivity index (χ1n) is 18.7. The molecule has 0 aliphatic carbocycles. The minimum Gasteiger partial charge on any atom is -0.455 e. The van der Waals surface area contributed by atoms with E-state index in [1.165, 1.54) is 20.2 Å². The molecule has 0 radical (unpaired) electrons. The second-order valence-electron chi connectivity index (χ2n) is 14.0. The number of fused-ring (bicyclic) bond motifs is 9. The zero-order valence-electron chi connectivity index (χ0n) is 30.0. The first-order valence-corrected chi connectivity index (χ1v) is 19.5. The highest BCUT2D eigenvalue weighted by Gasteiger charge is 2.23. The van der Waals surface area contributed by atoms with E-state index in [2.05, 4.69) is 48.5 Å². The molecule has 0 amide bonds. The predicted molar refractivity (Wildman–Crippen MR) is 230 cm³/mol. The zero-order chi connectivity index (χ0) is 37.5. The van der Waals surface area contributed by atoms with Crippen molar-refractivity contribution in [3.05, 3.63) is 164 Å². The van der Waals surface area contributed by atoms with Crippen molar-refractivity contribution in [2.24, 2.45) is 0 Å². The van der Waals surface area contributed by atoms with Crippen LogP contribution in [0, 0.1) is 0 Å². The van der Waals surface area contributed by atoms with Gasteiger partial charge in [-0.05, 0) is 36.4 Å². The zero-order valence-corrected chi connectivity index (χ0v) is 30.9. The molecule has 0 saturated carbocycles. The Morgan fingerprint density at radius 3 is 1.77 bits per heavy atom. The number of thiophene rings is 1. The number of furan rings is 2. The van der Waals surface area contributed by atoms with Gasteiger partial charge in [-0.25, -0.2) is 24.9 Å². The first-order chi connectivity index (χ1) is 28.2. The Kier molecular flexibility index (Phi) is 6.96. The van der Waals surface area contributed by atoms with E-state index in [0.717, 1.165) is 60.8 Å². The van der Waals surface area contributed by atoms with Crippen LogP contribution in [0.5, 0.6) is 0 Å². The summed E-state index contributed by atoms with van der Waals surface area (Å²) in [6.45, 7) is 0.